The van der Waals surface area contributed by atoms with Gasteiger partial charge in [-0.2, -0.15) is 0 Å². The second-order valence-corrected chi connectivity index (χ2v) is 5.90. The maximum atomic E-state index is 12.1. The lowest BCUT2D eigenvalue weighted by molar-refractivity contribution is -0.304. The molecule has 0 bridgehead atoms. The third-order valence-electron chi connectivity index (χ3n) is 2.74. The minimum absolute atomic E-state index is 0.0603. The summed E-state index contributed by atoms with van der Waals surface area (Å²) in [6.45, 7) is 10.3. The van der Waals surface area contributed by atoms with Gasteiger partial charge in [-0.1, -0.05) is 13.8 Å². The van der Waals surface area contributed by atoms with E-state index < -0.39 is 11.9 Å². The topological polar surface area (TPSA) is 73.6 Å². The highest BCUT2D eigenvalue weighted by atomic mass is 16.7. The monoisotopic (exact) mass is 244 g/mol. The molecule has 100 valence electrons. The van der Waals surface area contributed by atoms with E-state index in [-0.39, 0.29) is 17.4 Å². The average molecular weight is 244 g/mol. The van der Waals surface area contributed by atoms with Gasteiger partial charge in [0.05, 0.1) is 6.61 Å². The lowest BCUT2D eigenvalue weighted by Crippen LogP contribution is -2.57. The van der Waals surface area contributed by atoms with Crippen LogP contribution in [0, 0.1) is 5.41 Å². The zero-order valence-electron chi connectivity index (χ0n) is 11.4. The molecule has 5 nitrogen and oxygen atoms in total. The summed E-state index contributed by atoms with van der Waals surface area (Å²) in [5.74, 6) is -0.838. The summed E-state index contributed by atoms with van der Waals surface area (Å²) >= 11 is 0. The van der Waals surface area contributed by atoms with Crippen molar-refractivity contribution < 1.29 is 14.3 Å². The molecule has 0 saturated carbocycles. The fourth-order valence-corrected chi connectivity index (χ4v) is 1.68. The standard InChI is InChI=1S/C12H24N2O3/c1-8(13)6-14-10(15)9-11(2,3)7-16-12(4,5)17-9/h8-9H,6-7,13H2,1-5H3,(H,14,15)/t8-,9-/m1/s1. The molecule has 1 fully saturated rings. The van der Waals surface area contributed by atoms with Gasteiger partial charge >= 0.3 is 0 Å². The van der Waals surface area contributed by atoms with Crippen LogP contribution in [0.4, 0.5) is 0 Å². The number of rotatable bonds is 3. The molecule has 0 aliphatic carbocycles. The summed E-state index contributed by atoms with van der Waals surface area (Å²) in [4.78, 5) is 12.1. The number of amides is 1. The van der Waals surface area contributed by atoms with Gasteiger partial charge in [-0.05, 0) is 20.8 Å². The summed E-state index contributed by atoms with van der Waals surface area (Å²) in [6, 6.07) is -0.0603. The predicted octanol–water partition coefficient (Wildman–Crippen LogP) is 0.628. The molecular weight excluding hydrogens is 220 g/mol. The molecule has 5 heteroatoms. The van der Waals surface area contributed by atoms with E-state index >= 15 is 0 Å². The van der Waals surface area contributed by atoms with Crippen LogP contribution < -0.4 is 11.1 Å². The van der Waals surface area contributed by atoms with E-state index in [1.54, 1.807) is 0 Å². The smallest absolute Gasteiger partial charge is 0.249 e. The summed E-state index contributed by atoms with van der Waals surface area (Å²) in [7, 11) is 0. The first-order valence-corrected chi connectivity index (χ1v) is 5.99. The maximum Gasteiger partial charge on any atom is 0.249 e. The number of carbonyl (C=O) groups is 1. The van der Waals surface area contributed by atoms with Crippen LogP contribution in [0.5, 0.6) is 0 Å². The normalized spacial score (nSPS) is 28.5. The molecule has 1 rings (SSSR count). The van der Waals surface area contributed by atoms with Gasteiger partial charge in [0.25, 0.3) is 0 Å². The Labute approximate surface area is 103 Å². The summed E-state index contributed by atoms with van der Waals surface area (Å²) in [5.41, 5.74) is 5.28. The number of nitrogens with one attached hydrogen (secondary N) is 1. The zero-order valence-corrected chi connectivity index (χ0v) is 11.4. The first kappa shape index (κ1) is 14.4. The molecule has 1 heterocycles. The van der Waals surface area contributed by atoms with Crippen molar-refractivity contribution in [2.75, 3.05) is 13.2 Å². The molecule has 1 aliphatic rings. The molecule has 0 radical (unpaired) electrons. The highest BCUT2D eigenvalue weighted by molar-refractivity contribution is 5.81. The molecule has 0 aromatic heterocycles. The Balaban J connectivity index is 2.67. The molecule has 0 spiro atoms. The largest absolute Gasteiger partial charge is 0.352 e. The molecule has 1 saturated heterocycles. The highest BCUT2D eigenvalue weighted by Crippen LogP contribution is 2.34. The van der Waals surface area contributed by atoms with Gasteiger partial charge in [0.1, 0.15) is 6.10 Å². The third-order valence-corrected chi connectivity index (χ3v) is 2.74. The van der Waals surface area contributed by atoms with Crippen molar-refractivity contribution in [2.45, 2.75) is 52.6 Å². The second kappa shape index (κ2) is 4.92. The second-order valence-electron chi connectivity index (χ2n) is 5.90. The predicted molar refractivity (Wildman–Crippen MR) is 65.3 cm³/mol. The quantitative estimate of drug-likeness (QED) is 0.763. The fraction of sp³-hybridized carbons (Fsp3) is 0.917. The van der Waals surface area contributed by atoms with Gasteiger partial charge in [0, 0.05) is 18.0 Å². The molecule has 17 heavy (non-hydrogen) atoms. The minimum Gasteiger partial charge on any atom is -0.352 e. The van der Waals surface area contributed by atoms with Crippen molar-refractivity contribution in [3.05, 3.63) is 0 Å². The van der Waals surface area contributed by atoms with E-state index in [0.717, 1.165) is 0 Å². The van der Waals surface area contributed by atoms with Gasteiger partial charge in [0.2, 0.25) is 5.91 Å². The average Bonchev–Trinajstić information content (AvgIpc) is 2.19. The zero-order chi connectivity index (χ0) is 13.3. The molecule has 0 unspecified atom stereocenters. The summed E-state index contributed by atoms with van der Waals surface area (Å²) < 4.78 is 11.3. The van der Waals surface area contributed by atoms with Crippen molar-refractivity contribution in [3.8, 4) is 0 Å². The van der Waals surface area contributed by atoms with E-state index in [1.165, 1.54) is 0 Å². The first-order chi connectivity index (χ1) is 7.64. The van der Waals surface area contributed by atoms with Crippen LogP contribution in [0.15, 0.2) is 0 Å². The van der Waals surface area contributed by atoms with Crippen LogP contribution in [0.3, 0.4) is 0 Å². The van der Waals surface area contributed by atoms with E-state index in [4.69, 9.17) is 15.2 Å². The number of hydrogen-bond acceptors (Lipinski definition) is 4. The van der Waals surface area contributed by atoms with Crippen molar-refractivity contribution in [1.82, 2.24) is 5.32 Å². The van der Waals surface area contributed by atoms with Crippen LogP contribution in [0.2, 0.25) is 0 Å². The number of ether oxygens (including phenoxy) is 2. The van der Waals surface area contributed by atoms with E-state index in [9.17, 15) is 4.79 Å². The Morgan fingerprint density at radius 2 is 2.06 bits per heavy atom. The van der Waals surface area contributed by atoms with Crippen LogP contribution >= 0.6 is 0 Å². The number of carbonyl (C=O) groups excluding carboxylic acids is 1. The molecule has 0 aromatic rings. The van der Waals surface area contributed by atoms with Crippen LogP contribution in [-0.2, 0) is 14.3 Å². The van der Waals surface area contributed by atoms with Gasteiger partial charge in [-0.25, -0.2) is 0 Å². The van der Waals surface area contributed by atoms with E-state index in [1.807, 2.05) is 34.6 Å². The SMILES string of the molecule is C[C@@H](N)CNC(=O)[C@H]1OC(C)(C)OCC1(C)C. The highest BCUT2D eigenvalue weighted by Gasteiger charge is 2.45. The van der Waals surface area contributed by atoms with Crippen LogP contribution in [0.1, 0.15) is 34.6 Å². The Kier molecular flexibility index (Phi) is 4.17. The van der Waals surface area contributed by atoms with Gasteiger partial charge in [0.15, 0.2) is 5.79 Å². The Hall–Kier alpha value is -0.650. The Bertz CT molecular complexity index is 287. The Morgan fingerprint density at radius 3 is 2.59 bits per heavy atom. The van der Waals surface area contributed by atoms with Gasteiger partial charge in [-0.15, -0.1) is 0 Å². The maximum absolute atomic E-state index is 12.1. The minimum atomic E-state index is -0.716. The lowest BCUT2D eigenvalue weighted by atomic mass is 9.85. The molecule has 0 aromatic carbocycles. The van der Waals surface area contributed by atoms with Gasteiger partial charge < -0.3 is 20.5 Å². The molecule has 3 N–H and O–H groups in total. The molecular formula is C12H24N2O3. The summed E-state index contributed by atoms with van der Waals surface area (Å²) in [6.07, 6.45) is -0.509. The fourth-order valence-electron chi connectivity index (χ4n) is 1.68. The third kappa shape index (κ3) is 3.94. The number of nitrogens with two attached hydrogens (primary N) is 1. The summed E-state index contributed by atoms with van der Waals surface area (Å²) in [5, 5.41) is 2.80. The van der Waals surface area contributed by atoms with Crippen molar-refractivity contribution in [1.29, 1.82) is 0 Å². The van der Waals surface area contributed by atoms with Crippen LogP contribution in [0.25, 0.3) is 0 Å². The first-order valence-electron chi connectivity index (χ1n) is 5.99. The van der Waals surface area contributed by atoms with Crippen LogP contribution in [-0.4, -0.2) is 37.0 Å². The van der Waals surface area contributed by atoms with Crippen molar-refractivity contribution >= 4 is 5.91 Å². The molecule has 2 atom stereocenters. The Morgan fingerprint density at radius 1 is 1.47 bits per heavy atom. The van der Waals surface area contributed by atoms with E-state index in [2.05, 4.69) is 5.32 Å². The van der Waals surface area contributed by atoms with E-state index in [0.29, 0.717) is 13.2 Å². The van der Waals surface area contributed by atoms with Gasteiger partial charge in [-0.3, -0.25) is 4.79 Å². The lowest BCUT2D eigenvalue weighted by Gasteiger charge is -2.44. The van der Waals surface area contributed by atoms with Crippen molar-refractivity contribution in [2.24, 2.45) is 11.1 Å². The van der Waals surface area contributed by atoms with Crippen molar-refractivity contribution in [3.63, 3.8) is 0 Å². The molecule has 1 aliphatic heterocycles. The molecule has 1 amide bonds. The number of hydrogen-bond donors (Lipinski definition) is 2.